The number of rotatable bonds is 28. The lowest BCUT2D eigenvalue weighted by Crippen LogP contribution is -2.63. The zero-order valence-electron chi connectivity index (χ0n) is 42.2. The third-order valence-electron chi connectivity index (χ3n) is 7.10. The van der Waals surface area contributed by atoms with E-state index in [1.807, 2.05) is 72.0 Å². The van der Waals surface area contributed by atoms with Crippen molar-refractivity contribution in [3.63, 3.8) is 0 Å². The van der Waals surface area contributed by atoms with Crippen molar-refractivity contribution in [2.24, 2.45) is 0 Å². The Labute approximate surface area is 371 Å². The third-order valence-corrected chi connectivity index (χ3v) is 59.4. The second-order valence-corrected chi connectivity index (χ2v) is 69.4. The van der Waals surface area contributed by atoms with E-state index in [9.17, 15) is 0 Å². The molecule has 15 nitrogen and oxygen atoms in total. The molecule has 0 fully saturated rings. The van der Waals surface area contributed by atoms with Crippen LogP contribution in [0.3, 0.4) is 0 Å². The van der Waals surface area contributed by atoms with Crippen molar-refractivity contribution in [3.8, 4) is 0 Å². The fourth-order valence-electron chi connectivity index (χ4n) is 7.95. The fraction of sp³-hybridized carbons (Fsp3) is 1.00. The molecular weight excluding hydrogens is 982 g/mol. The van der Waals surface area contributed by atoms with E-state index in [2.05, 4.69) is 105 Å². The Kier molecular flexibility index (Phi) is 21.8. The van der Waals surface area contributed by atoms with Crippen molar-refractivity contribution in [1.29, 1.82) is 0 Å². The summed E-state index contributed by atoms with van der Waals surface area (Å²) in [7, 11) is -33.0. The molecule has 0 radical (unpaired) electrons. The Morgan fingerprint density at radius 1 is 0.224 bits per heavy atom. The molecule has 0 aromatic carbocycles. The molecule has 0 heterocycles. The van der Waals surface area contributed by atoms with E-state index in [0.717, 1.165) is 0 Å². The van der Waals surface area contributed by atoms with Crippen LogP contribution in [-0.2, 0) is 62.3 Å². The summed E-state index contributed by atoms with van der Waals surface area (Å²) < 4.78 is 98.0. The molecule has 0 aliphatic carbocycles. The van der Waals surface area contributed by atoms with Gasteiger partial charge in [-0.05, 0) is 170 Å². The monoisotopic (exact) mass is 1070 g/mol. The molecule has 0 atom stereocenters. The van der Waals surface area contributed by atoms with E-state index in [1.54, 1.807) is 14.2 Å². The highest BCUT2D eigenvalue weighted by atomic mass is 28.5. The summed E-state index contributed by atoms with van der Waals surface area (Å²) in [6, 6.07) is 0. The minimum absolute atomic E-state index is 1.24. The van der Waals surface area contributed by atoms with Gasteiger partial charge >= 0.3 is 112 Å². The maximum absolute atomic E-state index is 6.84. The van der Waals surface area contributed by atoms with Gasteiger partial charge in [-0.15, -0.1) is 0 Å². The van der Waals surface area contributed by atoms with Crippen molar-refractivity contribution < 1.29 is 62.3 Å². The van der Waals surface area contributed by atoms with Gasteiger partial charge in [0.05, 0.1) is 0 Å². The molecule has 0 aromatic heterocycles. The summed E-state index contributed by atoms with van der Waals surface area (Å²) in [5, 5.41) is 0. The van der Waals surface area contributed by atoms with Gasteiger partial charge in [0, 0.05) is 20.8 Å². The second kappa shape index (κ2) is 20.9. The van der Waals surface area contributed by atoms with Crippen LogP contribution in [0.25, 0.3) is 0 Å². The van der Waals surface area contributed by atoms with Crippen LogP contribution >= 0.6 is 0 Å². The molecule has 0 amide bonds. The summed E-state index contributed by atoms with van der Waals surface area (Å²) in [6.07, 6.45) is 0. The van der Waals surface area contributed by atoms with E-state index in [0.29, 0.717) is 0 Å². The SMILES string of the molecule is CO[Si](C)(OC)O[Si](C)(C)O[Si](C)(C)O[Si](C)(C)O[Si](C)(C)O[Si](C)(C)O[Si](C)(C)O[Si](C)(C)O[Si](C)(C)O[Si](C)(C)O[Si](C)(C)O[Si](C)(C)O[Si](C)(C)O[SiH](C)C. The standard InChI is InChI=1S/C29H88O15Si14/c1-30-58(29,31-2)44-57(27,28)43-56(25,26)42-55(23,24)41-54(21,22)40-53(19,20)39-52(17,18)38-51(15,16)37-50(13,14)36-49(11,12)35-48(9,10)34-47(7,8)33-46(5,6)32-45(3)4/h45H,1-29H3. The fourth-order valence-corrected chi connectivity index (χ4v) is 75.6. The van der Waals surface area contributed by atoms with Crippen LogP contribution < -0.4 is 0 Å². The molecule has 350 valence electrons. The number of hydrogen-bond acceptors (Lipinski definition) is 15. The van der Waals surface area contributed by atoms with E-state index in [1.165, 1.54) is 0 Å². The van der Waals surface area contributed by atoms with Gasteiger partial charge in [0.25, 0.3) is 0 Å². The Morgan fingerprint density at radius 3 is 0.500 bits per heavy atom. The van der Waals surface area contributed by atoms with Gasteiger partial charge in [-0.1, -0.05) is 0 Å². The van der Waals surface area contributed by atoms with Crippen molar-refractivity contribution in [2.75, 3.05) is 14.2 Å². The first kappa shape index (κ1) is 60.4. The van der Waals surface area contributed by atoms with Crippen LogP contribution in [-0.4, -0.2) is 135 Å². The molecule has 0 saturated carbocycles. The normalized spacial score (nSPS) is 15.8. The van der Waals surface area contributed by atoms with E-state index >= 15 is 0 Å². The molecule has 0 bridgehead atoms. The van der Waals surface area contributed by atoms with Gasteiger partial charge in [0.1, 0.15) is 0 Å². The van der Waals surface area contributed by atoms with Crippen LogP contribution in [0.2, 0.25) is 177 Å². The summed E-state index contributed by atoms with van der Waals surface area (Å²) in [5.41, 5.74) is 0. The van der Waals surface area contributed by atoms with Crippen LogP contribution in [0, 0.1) is 0 Å². The van der Waals surface area contributed by atoms with Crippen molar-refractivity contribution >= 4 is 121 Å². The maximum atomic E-state index is 6.84. The zero-order valence-corrected chi connectivity index (χ0v) is 56.4. The van der Waals surface area contributed by atoms with Gasteiger partial charge < -0.3 is 62.3 Å². The lowest BCUT2D eigenvalue weighted by molar-refractivity contribution is 0.150. The first-order valence-electron chi connectivity index (χ1n) is 20.2. The largest absolute Gasteiger partial charge is 0.488 e. The molecule has 0 rings (SSSR count). The third kappa shape index (κ3) is 26.4. The van der Waals surface area contributed by atoms with Crippen molar-refractivity contribution in [2.45, 2.75) is 177 Å². The van der Waals surface area contributed by atoms with Crippen molar-refractivity contribution in [3.05, 3.63) is 0 Å². The van der Waals surface area contributed by atoms with Crippen LogP contribution in [0.15, 0.2) is 0 Å². The van der Waals surface area contributed by atoms with Gasteiger partial charge in [0.15, 0.2) is 9.04 Å². The van der Waals surface area contributed by atoms with Crippen LogP contribution in [0.4, 0.5) is 0 Å². The predicted molar refractivity (Wildman–Crippen MR) is 268 cm³/mol. The summed E-state index contributed by atoms with van der Waals surface area (Å²) >= 11 is 0. The smallest absolute Gasteiger partial charge is 0.440 e. The van der Waals surface area contributed by atoms with Crippen LogP contribution in [0.5, 0.6) is 0 Å². The quantitative estimate of drug-likeness (QED) is 0.0688. The Balaban J connectivity index is 5.65. The molecule has 29 heteroatoms. The number of hydrogen-bond donors (Lipinski definition) is 0. The molecule has 58 heavy (non-hydrogen) atoms. The highest BCUT2D eigenvalue weighted by Crippen LogP contribution is 2.32. The minimum Gasteiger partial charge on any atom is -0.440 e. The summed E-state index contributed by atoms with van der Waals surface area (Å²) in [5.74, 6) is 0. The molecule has 0 unspecified atom stereocenters. The van der Waals surface area contributed by atoms with Gasteiger partial charge in [-0.2, -0.15) is 0 Å². The summed E-state index contributed by atoms with van der Waals surface area (Å²) in [4.78, 5) is 0. The first-order chi connectivity index (χ1) is 25.0. The molecular formula is C29H88O15Si14. The average Bonchev–Trinajstić information content (AvgIpc) is 2.78. The molecule has 0 aliphatic heterocycles. The predicted octanol–water partition coefficient (Wildman–Crippen LogP) is 9.47. The van der Waals surface area contributed by atoms with Gasteiger partial charge in [0.2, 0.25) is 0 Å². The molecule has 0 aliphatic rings. The average molecular weight is 1070 g/mol. The highest BCUT2D eigenvalue weighted by Gasteiger charge is 2.52. The Bertz CT molecular complexity index is 1300. The summed E-state index contributed by atoms with van der Waals surface area (Å²) in [6.45, 7) is 55.4. The Morgan fingerprint density at radius 2 is 0.362 bits per heavy atom. The van der Waals surface area contributed by atoms with Crippen molar-refractivity contribution in [1.82, 2.24) is 0 Å². The molecule has 0 aromatic rings. The van der Waals surface area contributed by atoms with E-state index in [-0.39, 0.29) is 0 Å². The van der Waals surface area contributed by atoms with E-state index < -0.39 is 121 Å². The highest BCUT2D eigenvalue weighted by molar-refractivity contribution is 6.94. The zero-order chi connectivity index (χ0) is 46.7. The Hall–Kier alpha value is 2.44. The molecule has 0 spiro atoms. The van der Waals surface area contributed by atoms with Gasteiger partial charge in [-0.25, -0.2) is 0 Å². The van der Waals surface area contributed by atoms with Gasteiger partial charge in [-0.3, -0.25) is 0 Å². The molecule has 0 saturated heterocycles. The first-order valence-corrected chi connectivity index (χ1v) is 59.0. The topological polar surface area (TPSA) is 138 Å². The molecule has 0 N–H and O–H groups in total. The lowest BCUT2D eigenvalue weighted by atomic mass is 11.8. The van der Waals surface area contributed by atoms with Crippen LogP contribution in [0.1, 0.15) is 0 Å². The minimum atomic E-state index is -2.80. The second-order valence-electron chi connectivity index (χ2n) is 20.5. The maximum Gasteiger partial charge on any atom is 0.488 e. The van der Waals surface area contributed by atoms with E-state index in [4.69, 9.17) is 62.3 Å². The lowest BCUT2D eigenvalue weighted by Gasteiger charge is -2.45.